The SMILES string of the molecule is CN(C)CCCN(C(=O)COc1ccc(Cl)cc1)c1nc2c(Cl)cccc2s1. The van der Waals surface area contributed by atoms with E-state index in [9.17, 15) is 4.79 Å². The van der Waals surface area contributed by atoms with Gasteiger partial charge in [0, 0.05) is 11.6 Å². The Morgan fingerprint density at radius 3 is 2.54 bits per heavy atom. The van der Waals surface area contributed by atoms with Crippen LogP contribution in [0.3, 0.4) is 0 Å². The van der Waals surface area contributed by atoms with Crippen LogP contribution in [-0.2, 0) is 4.79 Å². The molecule has 0 saturated heterocycles. The summed E-state index contributed by atoms with van der Waals surface area (Å²) in [6.07, 6.45) is 0.823. The number of carbonyl (C=O) groups excluding carboxylic acids is 1. The highest BCUT2D eigenvalue weighted by Crippen LogP contribution is 2.33. The summed E-state index contributed by atoms with van der Waals surface area (Å²) in [6.45, 7) is 1.35. The molecule has 0 N–H and O–H groups in total. The van der Waals surface area contributed by atoms with Crippen molar-refractivity contribution in [2.24, 2.45) is 0 Å². The van der Waals surface area contributed by atoms with Crippen molar-refractivity contribution in [1.29, 1.82) is 0 Å². The zero-order chi connectivity index (χ0) is 20.1. The molecular weight excluding hydrogens is 417 g/mol. The predicted molar refractivity (Wildman–Crippen MR) is 117 cm³/mol. The maximum Gasteiger partial charge on any atom is 0.266 e. The third-order valence-corrected chi connectivity index (χ3v) is 5.65. The lowest BCUT2D eigenvalue weighted by Crippen LogP contribution is -2.36. The standard InChI is InChI=1S/C20H21Cl2N3O2S/c1-24(2)11-4-12-25(18(26)13-27-15-9-7-14(21)8-10-15)20-23-19-16(22)5-3-6-17(19)28-20/h3,5-10H,4,11-13H2,1-2H3. The fourth-order valence-electron chi connectivity index (χ4n) is 2.64. The number of ether oxygens (including phenoxy) is 1. The summed E-state index contributed by atoms with van der Waals surface area (Å²) in [5.41, 5.74) is 0.716. The van der Waals surface area contributed by atoms with Crippen LogP contribution in [0.2, 0.25) is 10.0 Å². The van der Waals surface area contributed by atoms with Crippen molar-refractivity contribution in [2.75, 3.05) is 38.7 Å². The van der Waals surface area contributed by atoms with Crippen LogP contribution in [-0.4, -0.2) is 49.6 Å². The van der Waals surface area contributed by atoms with Gasteiger partial charge in [0.15, 0.2) is 11.7 Å². The van der Waals surface area contributed by atoms with E-state index in [-0.39, 0.29) is 12.5 Å². The van der Waals surface area contributed by atoms with Crippen molar-refractivity contribution >= 4 is 55.8 Å². The highest BCUT2D eigenvalue weighted by molar-refractivity contribution is 7.22. The van der Waals surface area contributed by atoms with E-state index in [4.69, 9.17) is 27.9 Å². The van der Waals surface area contributed by atoms with Crippen molar-refractivity contribution in [2.45, 2.75) is 6.42 Å². The normalized spacial score (nSPS) is 11.2. The number of nitrogens with zero attached hydrogens (tertiary/aromatic N) is 3. The average Bonchev–Trinajstić information content (AvgIpc) is 3.09. The van der Waals surface area contributed by atoms with E-state index < -0.39 is 0 Å². The van der Waals surface area contributed by atoms with Gasteiger partial charge in [-0.25, -0.2) is 4.98 Å². The zero-order valence-electron chi connectivity index (χ0n) is 15.7. The minimum Gasteiger partial charge on any atom is -0.484 e. The fraction of sp³-hybridized carbons (Fsp3) is 0.300. The number of amides is 1. The third-order valence-electron chi connectivity index (χ3n) is 4.05. The van der Waals surface area contributed by atoms with Crippen molar-refractivity contribution in [3.8, 4) is 5.75 Å². The number of rotatable bonds is 8. The topological polar surface area (TPSA) is 45.7 Å². The van der Waals surface area contributed by atoms with Crippen molar-refractivity contribution in [3.05, 3.63) is 52.5 Å². The second kappa shape index (κ2) is 9.56. The first kappa shape index (κ1) is 20.9. The number of carbonyl (C=O) groups is 1. The Bertz CT molecular complexity index is 944. The summed E-state index contributed by atoms with van der Waals surface area (Å²) in [7, 11) is 4.01. The van der Waals surface area contributed by atoms with Crippen LogP contribution in [0.5, 0.6) is 5.75 Å². The first-order valence-corrected chi connectivity index (χ1v) is 10.4. The van der Waals surface area contributed by atoms with Gasteiger partial charge in [-0.1, -0.05) is 40.6 Å². The molecule has 148 valence electrons. The molecule has 0 saturated carbocycles. The highest BCUT2D eigenvalue weighted by atomic mass is 35.5. The smallest absolute Gasteiger partial charge is 0.266 e. The molecule has 5 nitrogen and oxygen atoms in total. The Morgan fingerprint density at radius 2 is 1.86 bits per heavy atom. The van der Waals surface area contributed by atoms with Gasteiger partial charge in [-0.3, -0.25) is 9.69 Å². The molecule has 3 aromatic rings. The Morgan fingerprint density at radius 1 is 1.11 bits per heavy atom. The van der Waals surface area contributed by atoms with E-state index in [0.29, 0.717) is 33.0 Å². The molecule has 28 heavy (non-hydrogen) atoms. The first-order chi connectivity index (χ1) is 13.4. The number of fused-ring (bicyclic) bond motifs is 1. The molecule has 1 aromatic heterocycles. The molecule has 2 aromatic carbocycles. The van der Waals surface area contributed by atoms with Gasteiger partial charge < -0.3 is 9.64 Å². The van der Waals surface area contributed by atoms with Gasteiger partial charge in [-0.15, -0.1) is 0 Å². The molecule has 0 aliphatic rings. The van der Waals surface area contributed by atoms with Crippen molar-refractivity contribution in [1.82, 2.24) is 9.88 Å². The Labute approximate surface area is 178 Å². The fourth-order valence-corrected chi connectivity index (χ4v) is 4.08. The number of hydrogen-bond donors (Lipinski definition) is 0. The second-order valence-corrected chi connectivity index (χ2v) is 8.38. The van der Waals surface area contributed by atoms with Crippen LogP contribution in [0.4, 0.5) is 5.13 Å². The zero-order valence-corrected chi connectivity index (χ0v) is 18.0. The Hall–Kier alpha value is -1.86. The van der Waals surface area contributed by atoms with Crippen LogP contribution in [0.15, 0.2) is 42.5 Å². The molecule has 1 heterocycles. The van der Waals surface area contributed by atoms with Crippen LogP contribution in [0.25, 0.3) is 10.2 Å². The van der Waals surface area contributed by atoms with Crippen LogP contribution >= 0.6 is 34.5 Å². The van der Waals surface area contributed by atoms with Gasteiger partial charge in [0.2, 0.25) is 0 Å². The van der Waals surface area contributed by atoms with Gasteiger partial charge in [0.05, 0.1) is 9.72 Å². The van der Waals surface area contributed by atoms with E-state index in [1.165, 1.54) is 11.3 Å². The molecule has 0 atom stereocenters. The molecule has 1 amide bonds. The second-order valence-electron chi connectivity index (χ2n) is 6.53. The van der Waals surface area contributed by atoms with Crippen molar-refractivity contribution < 1.29 is 9.53 Å². The quantitative estimate of drug-likeness (QED) is 0.499. The lowest BCUT2D eigenvalue weighted by Gasteiger charge is -2.21. The number of para-hydroxylation sites is 1. The lowest BCUT2D eigenvalue weighted by molar-refractivity contribution is -0.120. The maximum absolute atomic E-state index is 12.9. The minimum atomic E-state index is -0.149. The van der Waals surface area contributed by atoms with Crippen LogP contribution in [0.1, 0.15) is 6.42 Å². The van der Waals surface area contributed by atoms with Gasteiger partial charge in [-0.2, -0.15) is 0 Å². The molecule has 3 rings (SSSR count). The number of hydrogen-bond acceptors (Lipinski definition) is 5. The predicted octanol–water partition coefficient (Wildman–Crippen LogP) is 4.97. The molecule has 8 heteroatoms. The highest BCUT2D eigenvalue weighted by Gasteiger charge is 2.21. The summed E-state index contributed by atoms with van der Waals surface area (Å²) in [5.74, 6) is 0.447. The minimum absolute atomic E-state index is 0.0761. The molecule has 0 aliphatic carbocycles. The summed E-state index contributed by atoms with van der Waals surface area (Å²) in [4.78, 5) is 21.3. The largest absolute Gasteiger partial charge is 0.484 e. The summed E-state index contributed by atoms with van der Waals surface area (Å²) < 4.78 is 6.59. The van der Waals surface area contributed by atoms with E-state index >= 15 is 0 Å². The van der Waals surface area contributed by atoms with Gasteiger partial charge in [0.1, 0.15) is 11.3 Å². The van der Waals surface area contributed by atoms with E-state index in [0.717, 1.165) is 17.7 Å². The molecule has 0 aliphatic heterocycles. The molecular formula is C20H21Cl2N3O2S. The van der Waals surface area contributed by atoms with Crippen molar-refractivity contribution in [3.63, 3.8) is 0 Å². The summed E-state index contributed by atoms with van der Waals surface area (Å²) >= 11 is 13.6. The molecule has 0 radical (unpaired) electrons. The molecule has 0 spiro atoms. The van der Waals surface area contributed by atoms with E-state index in [2.05, 4.69) is 9.88 Å². The summed E-state index contributed by atoms with van der Waals surface area (Å²) in [5, 5.41) is 1.83. The number of benzene rings is 2. The van der Waals surface area contributed by atoms with Crippen LogP contribution in [0, 0.1) is 0 Å². The Balaban J connectivity index is 1.77. The van der Waals surface area contributed by atoms with E-state index in [1.54, 1.807) is 35.2 Å². The van der Waals surface area contributed by atoms with Gasteiger partial charge in [-0.05, 0) is 63.5 Å². The number of anilines is 1. The molecule has 0 unspecified atom stereocenters. The number of aromatic nitrogens is 1. The third kappa shape index (κ3) is 5.35. The van der Waals surface area contributed by atoms with Crippen LogP contribution < -0.4 is 9.64 Å². The summed E-state index contributed by atoms with van der Waals surface area (Å²) in [6, 6.07) is 12.6. The Kier molecular flexibility index (Phi) is 7.13. The van der Waals surface area contributed by atoms with Gasteiger partial charge in [0.25, 0.3) is 5.91 Å². The molecule has 0 fully saturated rings. The number of thiazole rings is 1. The number of halogens is 2. The van der Waals surface area contributed by atoms with Gasteiger partial charge >= 0.3 is 0 Å². The van der Waals surface area contributed by atoms with E-state index in [1.807, 2.05) is 26.2 Å². The monoisotopic (exact) mass is 437 g/mol. The average molecular weight is 438 g/mol. The lowest BCUT2D eigenvalue weighted by atomic mass is 10.3. The maximum atomic E-state index is 12.9. The molecule has 0 bridgehead atoms. The first-order valence-electron chi connectivity index (χ1n) is 8.82.